The summed E-state index contributed by atoms with van der Waals surface area (Å²) in [6, 6.07) is 18.0. The van der Waals surface area contributed by atoms with Crippen molar-refractivity contribution in [2.24, 2.45) is 0 Å². The van der Waals surface area contributed by atoms with Crippen molar-refractivity contribution in [3.8, 4) is 28.4 Å². The largest absolute Gasteiger partial charge is 0.494 e. The molecule has 0 N–H and O–H groups in total. The van der Waals surface area contributed by atoms with Crippen molar-refractivity contribution in [3.05, 3.63) is 102 Å². The fourth-order valence-electron chi connectivity index (χ4n) is 5.11. The topological polar surface area (TPSA) is 114 Å². The van der Waals surface area contributed by atoms with Gasteiger partial charge in [-0.2, -0.15) is 0 Å². The summed E-state index contributed by atoms with van der Waals surface area (Å²) in [6.07, 6.45) is 3.10. The van der Waals surface area contributed by atoms with Gasteiger partial charge in [0.2, 0.25) is 0 Å². The predicted molar refractivity (Wildman–Crippen MR) is 177 cm³/mol. The van der Waals surface area contributed by atoms with Crippen molar-refractivity contribution in [1.29, 1.82) is 0 Å². The van der Waals surface area contributed by atoms with Gasteiger partial charge in [-0.25, -0.2) is 14.4 Å². The molecule has 4 rings (SSSR count). The van der Waals surface area contributed by atoms with Gasteiger partial charge in [0, 0.05) is 17.1 Å². The van der Waals surface area contributed by atoms with Gasteiger partial charge in [0.15, 0.2) is 0 Å². The Morgan fingerprint density at radius 3 is 2.00 bits per heavy atom. The Kier molecular flexibility index (Phi) is 12.1. The number of benzene rings is 3. The zero-order chi connectivity index (χ0) is 33.9. The van der Waals surface area contributed by atoms with Gasteiger partial charge in [-0.05, 0) is 110 Å². The summed E-state index contributed by atoms with van der Waals surface area (Å²) in [4.78, 5) is 48.3. The van der Waals surface area contributed by atoms with Crippen molar-refractivity contribution in [1.82, 2.24) is 0 Å². The fraction of sp³-hybridized carbons (Fsp3) is 0.316. The van der Waals surface area contributed by atoms with Crippen molar-refractivity contribution < 1.29 is 42.9 Å². The average Bonchev–Trinajstić information content (AvgIpc) is 3.33. The number of hydrogen-bond donors (Lipinski definition) is 0. The average molecular weight is 641 g/mol. The van der Waals surface area contributed by atoms with Gasteiger partial charge in [-0.3, -0.25) is 4.79 Å². The molecule has 47 heavy (non-hydrogen) atoms. The van der Waals surface area contributed by atoms with Crippen molar-refractivity contribution in [2.45, 2.75) is 58.8 Å². The van der Waals surface area contributed by atoms with E-state index in [-0.39, 0.29) is 31.1 Å². The van der Waals surface area contributed by atoms with Crippen LogP contribution in [0, 0.1) is 0 Å². The Morgan fingerprint density at radius 1 is 0.702 bits per heavy atom. The van der Waals surface area contributed by atoms with E-state index in [2.05, 4.69) is 20.1 Å². The van der Waals surface area contributed by atoms with Gasteiger partial charge in [0.25, 0.3) is 0 Å². The number of unbranched alkanes of at least 4 members (excludes halogenated alkanes) is 3. The maximum atomic E-state index is 13.0. The van der Waals surface area contributed by atoms with Crippen LogP contribution in [-0.4, -0.2) is 43.7 Å². The number of carbonyl (C=O) groups excluding carboxylic acids is 4. The molecule has 1 atom stereocenters. The first-order chi connectivity index (χ1) is 22.6. The molecule has 1 aliphatic rings. The van der Waals surface area contributed by atoms with Crippen LogP contribution in [0.2, 0.25) is 0 Å². The van der Waals surface area contributed by atoms with Crippen LogP contribution in [0.3, 0.4) is 0 Å². The van der Waals surface area contributed by atoms with Crippen LogP contribution in [0.5, 0.6) is 17.2 Å². The van der Waals surface area contributed by atoms with E-state index in [0.29, 0.717) is 41.4 Å². The third-order valence-electron chi connectivity index (χ3n) is 7.62. The van der Waals surface area contributed by atoms with Gasteiger partial charge in [0.1, 0.15) is 17.2 Å². The molecule has 0 saturated carbocycles. The highest BCUT2D eigenvalue weighted by Gasteiger charge is 2.27. The standard InChI is InChI=1S/C38H40O9/c1-6-43-35(39)21-25(4)37(41)45-20-10-8-7-9-19-44-28-12-14-29(15-13-28)46-38(42)27-11-17-31-32-18-16-30(47-36(40)24(2)3)23-34(32)26(5)33(31)22-27/h11-18,22-23,26H,2,4,6-10,19-21H2,1,3,5H3. The zero-order valence-corrected chi connectivity index (χ0v) is 27.1. The van der Waals surface area contributed by atoms with Crippen LogP contribution in [0.25, 0.3) is 11.1 Å². The van der Waals surface area contributed by atoms with E-state index < -0.39 is 23.9 Å². The number of rotatable bonds is 16. The molecule has 9 heteroatoms. The number of ether oxygens (including phenoxy) is 5. The molecular formula is C38H40O9. The van der Waals surface area contributed by atoms with E-state index in [0.717, 1.165) is 41.5 Å². The van der Waals surface area contributed by atoms with E-state index in [1.807, 2.05) is 24.3 Å². The summed E-state index contributed by atoms with van der Waals surface area (Å²) >= 11 is 0. The van der Waals surface area contributed by atoms with Crippen LogP contribution in [0.1, 0.15) is 80.3 Å². The first-order valence-electron chi connectivity index (χ1n) is 15.7. The molecule has 3 aromatic carbocycles. The molecule has 3 aromatic rings. The van der Waals surface area contributed by atoms with Crippen LogP contribution in [0.15, 0.2) is 85.0 Å². The molecule has 246 valence electrons. The highest BCUT2D eigenvalue weighted by molar-refractivity contribution is 5.94. The molecular weight excluding hydrogens is 600 g/mol. The third-order valence-corrected chi connectivity index (χ3v) is 7.62. The monoisotopic (exact) mass is 640 g/mol. The highest BCUT2D eigenvalue weighted by atomic mass is 16.5. The molecule has 0 bridgehead atoms. The van der Waals surface area contributed by atoms with Gasteiger partial charge in [-0.1, -0.05) is 32.2 Å². The third kappa shape index (κ3) is 9.42. The molecule has 0 aromatic heterocycles. The van der Waals surface area contributed by atoms with Gasteiger partial charge in [-0.15, -0.1) is 0 Å². The maximum absolute atomic E-state index is 13.0. The van der Waals surface area contributed by atoms with Gasteiger partial charge < -0.3 is 23.7 Å². The molecule has 0 saturated heterocycles. The Morgan fingerprint density at radius 2 is 1.32 bits per heavy atom. The fourth-order valence-corrected chi connectivity index (χ4v) is 5.11. The van der Waals surface area contributed by atoms with E-state index in [1.54, 1.807) is 50.2 Å². The van der Waals surface area contributed by atoms with Crippen LogP contribution in [0.4, 0.5) is 0 Å². The van der Waals surface area contributed by atoms with Crippen LogP contribution >= 0.6 is 0 Å². The van der Waals surface area contributed by atoms with Gasteiger partial charge >= 0.3 is 23.9 Å². The second-order valence-corrected chi connectivity index (χ2v) is 11.3. The first kappa shape index (κ1) is 34.7. The summed E-state index contributed by atoms with van der Waals surface area (Å²) in [7, 11) is 0. The lowest BCUT2D eigenvalue weighted by atomic mass is 9.98. The quantitative estimate of drug-likeness (QED) is 0.0679. The Labute approximate surface area is 275 Å². The molecule has 1 unspecified atom stereocenters. The zero-order valence-electron chi connectivity index (χ0n) is 27.1. The lowest BCUT2D eigenvalue weighted by molar-refractivity contribution is -0.146. The summed E-state index contributed by atoms with van der Waals surface area (Å²) in [5.41, 5.74) is 4.93. The molecule has 9 nitrogen and oxygen atoms in total. The van der Waals surface area contributed by atoms with E-state index in [1.165, 1.54) is 0 Å². The second kappa shape index (κ2) is 16.4. The molecule has 0 radical (unpaired) electrons. The minimum atomic E-state index is -0.580. The lowest BCUT2D eigenvalue weighted by Crippen LogP contribution is -2.13. The minimum absolute atomic E-state index is 0.000234. The minimum Gasteiger partial charge on any atom is -0.494 e. The Bertz CT molecular complexity index is 1650. The summed E-state index contributed by atoms with van der Waals surface area (Å²) in [5, 5.41) is 0. The summed E-state index contributed by atoms with van der Waals surface area (Å²) in [5.74, 6) is -0.487. The molecule has 0 aliphatic heterocycles. The van der Waals surface area contributed by atoms with Crippen LogP contribution < -0.4 is 14.2 Å². The van der Waals surface area contributed by atoms with Gasteiger partial charge in [0.05, 0.1) is 31.8 Å². The molecule has 0 spiro atoms. The maximum Gasteiger partial charge on any atom is 0.343 e. The van der Waals surface area contributed by atoms with Crippen molar-refractivity contribution >= 4 is 23.9 Å². The number of carbonyl (C=O) groups is 4. The Balaban J connectivity index is 1.18. The molecule has 0 heterocycles. The van der Waals surface area contributed by atoms with E-state index >= 15 is 0 Å². The normalized spacial score (nSPS) is 12.7. The van der Waals surface area contributed by atoms with Crippen molar-refractivity contribution in [3.63, 3.8) is 0 Å². The first-order valence-corrected chi connectivity index (χ1v) is 15.7. The lowest BCUT2D eigenvalue weighted by Gasteiger charge is -2.10. The Hall–Kier alpha value is -5.18. The van der Waals surface area contributed by atoms with Crippen LogP contribution in [-0.2, 0) is 23.9 Å². The second-order valence-electron chi connectivity index (χ2n) is 11.3. The number of fused-ring (bicyclic) bond motifs is 3. The summed E-state index contributed by atoms with van der Waals surface area (Å²) in [6.45, 7) is 13.6. The highest BCUT2D eigenvalue weighted by Crippen LogP contribution is 2.46. The van der Waals surface area contributed by atoms with Crippen molar-refractivity contribution in [2.75, 3.05) is 19.8 Å². The predicted octanol–water partition coefficient (Wildman–Crippen LogP) is 7.51. The molecule has 0 fully saturated rings. The smallest absolute Gasteiger partial charge is 0.343 e. The summed E-state index contributed by atoms with van der Waals surface area (Å²) < 4.78 is 26.8. The number of hydrogen-bond acceptors (Lipinski definition) is 9. The van der Waals surface area contributed by atoms with E-state index in [4.69, 9.17) is 23.7 Å². The number of esters is 4. The molecule has 1 aliphatic carbocycles. The van der Waals surface area contributed by atoms with E-state index in [9.17, 15) is 19.2 Å². The molecule has 0 amide bonds. The SMILES string of the molecule is C=C(C)C(=O)Oc1ccc2c(c1)C(C)c1cc(C(=O)Oc3ccc(OCCCCCCOC(=O)C(=C)CC(=O)OCC)cc3)ccc1-2.